The van der Waals surface area contributed by atoms with Crippen molar-refractivity contribution >= 4 is 45.8 Å². The molecule has 0 aliphatic rings. The Kier molecular flexibility index (Phi) is 5.45. The number of para-hydroxylation sites is 1. The molecule has 0 saturated carbocycles. The van der Waals surface area contributed by atoms with Crippen LogP contribution in [0.2, 0.25) is 5.02 Å². The third kappa shape index (κ3) is 4.10. The van der Waals surface area contributed by atoms with Crippen LogP contribution in [0.3, 0.4) is 0 Å². The summed E-state index contributed by atoms with van der Waals surface area (Å²) in [5, 5.41) is 9.68. The van der Waals surface area contributed by atoms with Crippen LogP contribution in [0.25, 0.3) is 16.6 Å². The highest BCUT2D eigenvalue weighted by Gasteiger charge is 2.13. The number of aryl methyl sites for hydroxylation is 1. The van der Waals surface area contributed by atoms with Crippen LogP contribution in [0.15, 0.2) is 53.7 Å². The fourth-order valence-corrected chi connectivity index (χ4v) is 3.81. The van der Waals surface area contributed by atoms with Gasteiger partial charge in [-0.15, -0.1) is 5.10 Å². The Morgan fingerprint density at radius 1 is 1.14 bits per heavy atom. The van der Waals surface area contributed by atoms with Crippen LogP contribution in [0.1, 0.15) is 11.4 Å². The van der Waals surface area contributed by atoms with Crippen LogP contribution in [-0.4, -0.2) is 37.8 Å². The molecule has 0 saturated heterocycles. The summed E-state index contributed by atoms with van der Waals surface area (Å²) >= 11 is 7.24. The summed E-state index contributed by atoms with van der Waals surface area (Å²) in [6.45, 7) is 2.42. The van der Waals surface area contributed by atoms with Crippen molar-refractivity contribution in [1.82, 2.24) is 24.9 Å². The Hall–Kier alpha value is -2.64. The van der Waals surface area contributed by atoms with Gasteiger partial charge in [0.2, 0.25) is 5.91 Å². The number of rotatable bonds is 6. The second kappa shape index (κ2) is 8.16. The first-order valence-electron chi connectivity index (χ1n) is 8.86. The fraction of sp³-hybridized carbons (Fsp3) is 0.200. The lowest BCUT2D eigenvalue weighted by Gasteiger charge is -2.07. The second-order valence-electron chi connectivity index (χ2n) is 6.32. The predicted octanol–water partition coefficient (Wildman–Crippen LogP) is 3.69. The van der Waals surface area contributed by atoms with Crippen molar-refractivity contribution in [1.29, 1.82) is 0 Å². The Morgan fingerprint density at radius 2 is 1.93 bits per heavy atom. The summed E-state index contributed by atoms with van der Waals surface area (Å²) in [5.74, 6) is 0.895. The molecule has 0 radical (unpaired) electrons. The number of carbonyl (C=O) groups excluding carboxylic acids is 1. The summed E-state index contributed by atoms with van der Waals surface area (Å²) in [7, 11) is 0. The molecule has 0 bridgehead atoms. The van der Waals surface area contributed by atoms with Crippen molar-refractivity contribution in [2.75, 3.05) is 12.3 Å². The zero-order chi connectivity index (χ0) is 19.5. The summed E-state index contributed by atoms with van der Waals surface area (Å²) in [6.07, 6.45) is 0.758. The molecule has 142 valence electrons. The molecule has 8 heteroatoms. The van der Waals surface area contributed by atoms with E-state index in [2.05, 4.69) is 20.4 Å². The van der Waals surface area contributed by atoms with Crippen molar-refractivity contribution in [2.24, 2.45) is 0 Å². The normalized spacial score (nSPS) is 11.2. The molecule has 0 unspecified atom stereocenters. The second-order valence-corrected chi connectivity index (χ2v) is 7.70. The number of fused-ring (bicyclic) bond motifs is 3. The maximum Gasteiger partial charge on any atom is 0.230 e. The Labute approximate surface area is 171 Å². The average molecular weight is 412 g/mol. The third-order valence-corrected chi connectivity index (χ3v) is 5.42. The average Bonchev–Trinajstić information content (AvgIpc) is 3.09. The van der Waals surface area contributed by atoms with Crippen LogP contribution in [-0.2, 0) is 11.2 Å². The first-order valence-corrected chi connectivity index (χ1v) is 10.2. The lowest BCUT2D eigenvalue weighted by Crippen LogP contribution is -2.27. The molecule has 4 aromatic rings. The number of benzene rings is 2. The van der Waals surface area contributed by atoms with E-state index in [-0.39, 0.29) is 11.7 Å². The Morgan fingerprint density at radius 3 is 2.75 bits per heavy atom. The van der Waals surface area contributed by atoms with Gasteiger partial charge in [-0.2, -0.15) is 4.52 Å². The van der Waals surface area contributed by atoms with E-state index in [1.807, 2.05) is 55.5 Å². The molecule has 6 nitrogen and oxygen atoms in total. The number of nitrogens with zero attached hydrogens (tertiary/aromatic N) is 4. The fourth-order valence-electron chi connectivity index (χ4n) is 2.91. The molecule has 0 fully saturated rings. The number of amides is 1. The van der Waals surface area contributed by atoms with Gasteiger partial charge in [0.15, 0.2) is 10.8 Å². The zero-order valence-electron chi connectivity index (χ0n) is 15.2. The molecule has 4 rings (SSSR count). The van der Waals surface area contributed by atoms with E-state index in [0.29, 0.717) is 22.5 Å². The smallest absolute Gasteiger partial charge is 0.230 e. The SMILES string of the molecule is Cc1nc2c3ccccc3nc(SCC(=O)NCCc3ccc(Cl)cc3)n2n1. The van der Waals surface area contributed by atoms with E-state index in [4.69, 9.17) is 11.6 Å². The molecular formula is C20H18ClN5OS. The maximum atomic E-state index is 12.2. The van der Waals surface area contributed by atoms with E-state index >= 15 is 0 Å². The number of nitrogens with one attached hydrogen (secondary N) is 1. The highest BCUT2D eigenvalue weighted by atomic mass is 35.5. The summed E-state index contributed by atoms with van der Waals surface area (Å²) in [5.41, 5.74) is 2.73. The molecule has 28 heavy (non-hydrogen) atoms. The zero-order valence-corrected chi connectivity index (χ0v) is 16.8. The quantitative estimate of drug-likeness (QED) is 0.387. The monoisotopic (exact) mass is 411 g/mol. The molecule has 0 aliphatic heterocycles. The number of aromatic nitrogens is 4. The van der Waals surface area contributed by atoms with E-state index < -0.39 is 0 Å². The molecule has 1 amide bonds. The van der Waals surface area contributed by atoms with E-state index in [9.17, 15) is 4.79 Å². The van der Waals surface area contributed by atoms with Gasteiger partial charge in [0, 0.05) is 17.0 Å². The highest BCUT2D eigenvalue weighted by Crippen LogP contribution is 2.23. The van der Waals surface area contributed by atoms with Crippen molar-refractivity contribution < 1.29 is 4.79 Å². The number of hydrogen-bond acceptors (Lipinski definition) is 5. The van der Waals surface area contributed by atoms with Gasteiger partial charge in [0.1, 0.15) is 5.82 Å². The highest BCUT2D eigenvalue weighted by molar-refractivity contribution is 7.99. The van der Waals surface area contributed by atoms with Crippen molar-refractivity contribution in [3.05, 3.63) is 64.9 Å². The van der Waals surface area contributed by atoms with Gasteiger partial charge in [-0.25, -0.2) is 9.97 Å². The molecule has 0 atom stereocenters. The van der Waals surface area contributed by atoms with Crippen LogP contribution in [0.4, 0.5) is 0 Å². The minimum Gasteiger partial charge on any atom is -0.355 e. The molecule has 0 aliphatic carbocycles. The molecule has 2 aromatic heterocycles. The number of hydrogen-bond donors (Lipinski definition) is 1. The number of carbonyl (C=O) groups is 1. The van der Waals surface area contributed by atoms with Gasteiger partial charge in [-0.3, -0.25) is 4.79 Å². The first-order chi connectivity index (χ1) is 13.6. The minimum atomic E-state index is -0.0427. The van der Waals surface area contributed by atoms with Gasteiger partial charge in [-0.1, -0.05) is 47.6 Å². The van der Waals surface area contributed by atoms with Gasteiger partial charge >= 0.3 is 0 Å². The molecule has 1 N–H and O–H groups in total. The van der Waals surface area contributed by atoms with Crippen molar-refractivity contribution in [2.45, 2.75) is 18.5 Å². The molecule has 2 aromatic carbocycles. The van der Waals surface area contributed by atoms with Gasteiger partial charge in [-0.05, 0) is 43.2 Å². The number of thioether (sulfide) groups is 1. The van der Waals surface area contributed by atoms with Gasteiger partial charge in [0.25, 0.3) is 0 Å². The lowest BCUT2D eigenvalue weighted by molar-refractivity contribution is -0.118. The van der Waals surface area contributed by atoms with Crippen LogP contribution in [0, 0.1) is 6.92 Å². The summed E-state index contributed by atoms with van der Waals surface area (Å²) in [6, 6.07) is 15.4. The lowest BCUT2D eigenvalue weighted by atomic mass is 10.1. The summed E-state index contributed by atoms with van der Waals surface area (Å²) in [4.78, 5) is 21.4. The molecule has 2 heterocycles. The van der Waals surface area contributed by atoms with Gasteiger partial charge in [0.05, 0.1) is 11.3 Å². The molecule has 0 spiro atoms. The van der Waals surface area contributed by atoms with Crippen LogP contribution >= 0.6 is 23.4 Å². The maximum absolute atomic E-state index is 12.2. The van der Waals surface area contributed by atoms with Crippen LogP contribution in [0.5, 0.6) is 0 Å². The van der Waals surface area contributed by atoms with Crippen molar-refractivity contribution in [3.63, 3.8) is 0 Å². The minimum absolute atomic E-state index is 0.0427. The topological polar surface area (TPSA) is 72.2 Å². The van der Waals surface area contributed by atoms with Gasteiger partial charge < -0.3 is 5.32 Å². The molecular weight excluding hydrogens is 394 g/mol. The predicted molar refractivity (Wildman–Crippen MR) is 112 cm³/mol. The third-order valence-electron chi connectivity index (χ3n) is 4.24. The number of halogens is 1. The Bertz CT molecular complexity index is 1140. The van der Waals surface area contributed by atoms with E-state index in [0.717, 1.165) is 28.5 Å². The largest absolute Gasteiger partial charge is 0.355 e. The first kappa shape index (κ1) is 18.7. The van der Waals surface area contributed by atoms with E-state index in [1.165, 1.54) is 11.8 Å². The van der Waals surface area contributed by atoms with E-state index in [1.54, 1.807) is 4.52 Å². The Balaban J connectivity index is 1.41. The standard InChI is InChI=1S/C20H18ClN5OS/c1-13-23-19-16-4-2-3-5-17(16)24-20(26(19)25-13)28-12-18(27)22-11-10-14-6-8-15(21)9-7-14/h2-9H,10-12H2,1H3,(H,22,27). The summed E-state index contributed by atoms with van der Waals surface area (Å²) < 4.78 is 1.71. The van der Waals surface area contributed by atoms with Crippen molar-refractivity contribution in [3.8, 4) is 0 Å². The van der Waals surface area contributed by atoms with Crippen LogP contribution < -0.4 is 5.32 Å².